The molecule has 0 amide bonds. The van der Waals surface area contributed by atoms with E-state index in [9.17, 15) is 9.90 Å². The molecule has 1 aliphatic heterocycles. The number of nitrogens with zero attached hydrogens (tertiary/aromatic N) is 1. The SMILES string of the molecule is CCCC(C)N1Cc2ccccc2CC1C(=O)O. The first-order chi connectivity index (χ1) is 8.63. The summed E-state index contributed by atoms with van der Waals surface area (Å²) >= 11 is 0. The third-order valence-corrected chi connectivity index (χ3v) is 3.84. The minimum atomic E-state index is -0.701. The summed E-state index contributed by atoms with van der Waals surface area (Å²) in [6.07, 6.45) is 2.76. The summed E-state index contributed by atoms with van der Waals surface area (Å²) in [7, 11) is 0. The monoisotopic (exact) mass is 247 g/mol. The highest BCUT2D eigenvalue weighted by Crippen LogP contribution is 2.26. The number of carboxylic acids is 1. The first kappa shape index (κ1) is 13.1. The van der Waals surface area contributed by atoms with Crippen molar-refractivity contribution in [2.75, 3.05) is 0 Å². The molecule has 0 saturated heterocycles. The summed E-state index contributed by atoms with van der Waals surface area (Å²) in [4.78, 5) is 13.6. The van der Waals surface area contributed by atoms with Gasteiger partial charge in [-0.3, -0.25) is 9.69 Å². The molecule has 1 aromatic rings. The largest absolute Gasteiger partial charge is 0.480 e. The van der Waals surface area contributed by atoms with Gasteiger partial charge in [0.25, 0.3) is 0 Å². The Morgan fingerprint density at radius 2 is 2.11 bits per heavy atom. The van der Waals surface area contributed by atoms with Crippen molar-refractivity contribution < 1.29 is 9.90 Å². The van der Waals surface area contributed by atoms with E-state index in [-0.39, 0.29) is 6.04 Å². The summed E-state index contributed by atoms with van der Waals surface area (Å²) in [5.41, 5.74) is 2.46. The summed E-state index contributed by atoms with van der Waals surface area (Å²) in [6, 6.07) is 8.13. The Labute approximate surface area is 108 Å². The Morgan fingerprint density at radius 3 is 2.72 bits per heavy atom. The average molecular weight is 247 g/mol. The van der Waals surface area contributed by atoms with Gasteiger partial charge in [0.15, 0.2) is 0 Å². The molecule has 3 heteroatoms. The Morgan fingerprint density at radius 1 is 1.44 bits per heavy atom. The van der Waals surface area contributed by atoms with Gasteiger partial charge in [0, 0.05) is 12.6 Å². The van der Waals surface area contributed by atoms with E-state index in [0.717, 1.165) is 19.4 Å². The van der Waals surface area contributed by atoms with Gasteiger partial charge >= 0.3 is 5.97 Å². The van der Waals surface area contributed by atoms with Crippen molar-refractivity contribution in [1.29, 1.82) is 0 Å². The average Bonchev–Trinajstić information content (AvgIpc) is 2.37. The van der Waals surface area contributed by atoms with Gasteiger partial charge in [0.2, 0.25) is 0 Å². The maximum Gasteiger partial charge on any atom is 0.321 e. The third kappa shape index (κ3) is 2.56. The van der Waals surface area contributed by atoms with E-state index in [2.05, 4.69) is 24.8 Å². The van der Waals surface area contributed by atoms with Crippen molar-refractivity contribution >= 4 is 5.97 Å². The van der Waals surface area contributed by atoms with E-state index in [1.165, 1.54) is 11.1 Å². The van der Waals surface area contributed by atoms with E-state index < -0.39 is 5.97 Å². The molecule has 1 aromatic carbocycles. The van der Waals surface area contributed by atoms with Crippen LogP contribution in [0, 0.1) is 0 Å². The van der Waals surface area contributed by atoms with Crippen LogP contribution in [-0.4, -0.2) is 28.1 Å². The molecule has 1 aliphatic rings. The fourth-order valence-electron chi connectivity index (χ4n) is 2.82. The van der Waals surface area contributed by atoms with Crippen LogP contribution in [0.3, 0.4) is 0 Å². The van der Waals surface area contributed by atoms with Crippen LogP contribution in [0.15, 0.2) is 24.3 Å². The lowest BCUT2D eigenvalue weighted by Gasteiger charge is -2.38. The maximum absolute atomic E-state index is 11.4. The fourth-order valence-corrected chi connectivity index (χ4v) is 2.82. The molecule has 18 heavy (non-hydrogen) atoms. The summed E-state index contributed by atoms with van der Waals surface area (Å²) in [5, 5.41) is 9.41. The van der Waals surface area contributed by atoms with Crippen LogP contribution in [-0.2, 0) is 17.8 Å². The van der Waals surface area contributed by atoms with Gasteiger partial charge in [-0.2, -0.15) is 0 Å². The van der Waals surface area contributed by atoms with Crippen LogP contribution in [0.2, 0.25) is 0 Å². The Balaban J connectivity index is 2.25. The lowest BCUT2D eigenvalue weighted by Crippen LogP contribution is -2.49. The Bertz CT molecular complexity index is 430. The molecule has 1 N–H and O–H groups in total. The highest BCUT2D eigenvalue weighted by atomic mass is 16.4. The molecule has 3 nitrogen and oxygen atoms in total. The Kier molecular flexibility index (Phi) is 4.02. The van der Waals surface area contributed by atoms with Crippen molar-refractivity contribution in [3.63, 3.8) is 0 Å². The normalized spacial score (nSPS) is 21.3. The van der Waals surface area contributed by atoms with Crippen molar-refractivity contribution in [2.45, 2.75) is 51.7 Å². The van der Waals surface area contributed by atoms with Crippen molar-refractivity contribution in [3.8, 4) is 0 Å². The number of carboxylic acid groups (broad SMARTS) is 1. The zero-order chi connectivity index (χ0) is 13.1. The molecule has 0 aromatic heterocycles. The lowest BCUT2D eigenvalue weighted by molar-refractivity contribution is -0.145. The first-order valence-corrected chi connectivity index (χ1v) is 6.68. The van der Waals surface area contributed by atoms with Gasteiger partial charge in [-0.1, -0.05) is 37.6 Å². The number of benzene rings is 1. The molecule has 2 rings (SSSR count). The summed E-state index contributed by atoms with van der Waals surface area (Å²) < 4.78 is 0. The van der Waals surface area contributed by atoms with Gasteiger partial charge in [-0.15, -0.1) is 0 Å². The predicted octanol–water partition coefficient (Wildman–Crippen LogP) is 2.69. The van der Waals surface area contributed by atoms with Crippen LogP contribution in [0.25, 0.3) is 0 Å². The molecule has 0 saturated carbocycles. The third-order valence-electron chi connectivity index (χ3n) is 3.84. The maximum atomic E-state index is 11.4. The number of carbonyl (C=O) groups is 1. The molecule has 0 aliphatic carbocycles. The van der Waals surface area contributed by atoms with E-state index in [1.54, 1.807) is 0 Å². The van der Waals surface area contributed by atoms with Crippen molar-refractivity contribution in [2.24, 2.45) is 0 Å². The van der Waals surface area contributed by atoms with Crippen molar-refractivity contribution in [1.82, 2.24) is 4.90 Å². The molecule has 2 unspecified atom stereocenters. The van der Waals surface area contributed by atoms with E-state index in [4.69, 9.17) is 0 Å². The van der Waals surface area contributed by atoms with Crippen LogP contribution in [0.4, 0.5) is 0 Å². The molecule has 1 heterocycles. The second-order valence-corrected chi connectivity index (χ2v) is 5.14. The number of hydrogen-bond donors (Lipinski definition) is 1. The van der Waals surface area contributed by atoms with Gasteiger partial charge in [-0.05, 0) is 30.9 Å². The van der Waals surface area contributed by atoms with Gasteiger partial charge in [0.1, 0.15) is 6.04 Å². The Hall–Kier alpha value is -1.35. The quantitative estimate of drug-likeness (QED) is 0.889. The number of rotatable bonds is 4. The zero-order valence-electron chi connectivity index (χ0n) is 11.1. The minimum Gasteiger partial charge on any atom is -0.480 e. The second-order valence-electron chi connectivity index (χ2n) is 5.14. The van der Waals surface area contributed by atoms with Crippen LogP contribution in [0.1, 0.15) is 37.8 Å². The van der Waals surface area contributed by atoms with E-state index >= 15 is 0 Å². The van der Waals surface area contributed by atoms with Crippen LogP contribution in [0.5, 0.6) is 0 Å². The topological polar surface area (TPSA) is 40.5 Å². The molecular formula is C15H21NO2. The molecule has 0 bridgehead atoms. The van der Waals surface area contributed by atoms with E-state index in [1.807, 2.05) is 18.2 Å². The molecule has 98 valence electrons. The molecule has 0 fully saturated rings. The molecule has 0 radical (unpaired) electrons. The lowest BCUT2D eigenvalue weighted by atomic mass is 9.92. The molecule has 2 atom stereocenters. The highest BCUT2D eigenvalue weighted by molar-refractivity contribution is 5.74. The van der Waals surface area contributed by atoms with Crippen LogP contribution < -0.4 is 0 Å². The second kappa shape index (κ2) is 5.53. The highest BCUT2D eigenvalue weighted by Gasteiger charge is 2.33. The number of aliphatic carboxylic acids is 1. The van der Waals surface area contributed by atoms with Crippen LogP contribution >= 0.6 is 0 Å². The van der Waals surface area contributed by atoms with Crippen molar-refractivity contribution in [3.05, 3.63) is 35.4 Å². The zero-order valence-corrected chi connectivity index (χ0v) is 11.1. The predicted molar refractivity (Wildman–Crippen MR) is 71.5 cm³/mol. The van der Waals surface area contributed by atoms with E-state index in [0.29, 0.717) is 12.5 Å². The summed E-state index contributed by atoms with van der Waals surface area (Å²) in [6.45, 7) is 5.03. The number of fused-ring (bicyclic) bond motifs is 1. The minimum absolute atomic E-state index is 0.324. The molecule has 0 spiro atoms. The van der Waals surface area contributed by atoms with Gasteiger partial charge in [0.05, 0.1) is 0 Å². The fraction of sp³-hybridized carbons (Fsp3) is 0.533. The number of hydrogen-bond acceptors (Lipinski definition) is 2. The van der Waals surface area contributed by atoms with Gasteiger partial charge < -0.3 is 5.11 Å². The molecular weight excluding hydrogens is 226 g/mol. The first-order valence-electron chi connectivity index (χ1n) is 6.68. The standard InChI is InChI=1S/C15H21NO2/c1-3-6-11(2)16-10-13-8-5-4-7-12(13)9-14(16)15(17)18/h4-5,7-8,11,14H,3,6,9-10H2,1-2H3,(H,17,18). The summed E-state index contributed by atoms with van der Waals surface area (Å²) in [5.74, 6) is -0.701. The van der Waals surface area contributed by atoms with Gasteiger partial charge in [-0.25, -0.2) is 0 Å². The smallest absolute Gasteiger partial charge is 0.321 e.